The molecule has 0 unspecified atom stereocenters. The zero-order valence-electron chi connectivity index (χ0n) is 18.9. The monoisotopic (exact) mass is 580 g/mol. The summed E-state index contributed by atoms with van der Waals surface area (Å²) in [7, 11) is 1.31. The minimum Gasteiger partial charge on any atom is -0.465 e. The fourth-order valence-corrected chi connectivity index (χ4v) is 4.54. The van der Waals surface area contributed by atoms with Gasteiger partial charge in [0.1, 0.15) is 17.5 Å². The highest BCUT2D eigenvalue weighted by Crippen LogP contribution is 2.27. The van der Waals surface area contributed by atoms with Gasteiger partial charge in [-0.25, -0.2) is 9.78 Å². The molecule has 2 aromatic carbocycles. The number of nitriles is 1. The number of anilines is 2. The number of halogens is 1. The molecule has 0 aliphatic rings. The Bertz CT molecular complexity index is 1540. The number of methoxy groups -OCH3 is 1. The van der Waals surface area contributed by atoms with Crippen molar-refractivity contribution in [2.24, 2.45) is 0 Å². The molecule has 2 heterocycles. The van der Waals surface area contributed by atoms with Gasteiger partial charge in [0.05, 0.1) is 30.3 Å². The number of benzene rings is 2. The van der Waals surface area contributed by atoms with Crippen LogP contribution in [0.1, 0.15) is 40.1 Å². The maximum absolute atomic E-state index is 13.9. The number of rotatable bonds is 6. The van der Waals surface area contributed by atoms with Gasteiger partial charge in [-0.05, 0) is 42.1 Å². The number of fused-ring (bicyclic) bond motifs is 1. The minimum atomic E-state index is -0.503. The highest BCUT2D eigenvalue weighted by Gasteiger charge is 2.20. The number of nitrogen functional groups attached to an aromatic ring is 1. The van der Waals surface area contributed by atoms with Gasteiger partial charge in [-0.2, -0.15) is 10.2 Å². The lowest BCUT2D eigenvalue weighted by molar-refractivity contribution is 0.0600. The fraction of sp³-hybridized carbons (Fsp3) is 0.160. The molecule has 0 saturated carbocycles. The maximum Gasteiger partial charge on any atom is 0.337 e. The number of hydrogen-bond acceptors (Lipinski definition) is 8. The third kappa shape index (κ3) is 4.67. The van der Waals surface area contributed by atoms with E-state index in [2.05, 4.69) is 37.9 Å². The van der Waals surface area contributed by atoms with Crippen LogP contribution in [0.2, 0.25) is 0 Å². The number of esters is 1. The van der Waals surface area contributed by atoms with E-state index >= 15 is 0 Å². The second-order valence-electron chi connectivity index (χ2n) is 7.73. The van der Waals surface area contributed by atoms with Crippen LogP contribution in [0.5, 0.6) is 0 Å². The Labute approximate surface area is 214 Å². The first-order chi connectivity index (χ1) is 16.9. The van der Waals surface area contributed by atoms with E-state index in [-0.39, 0.29) is 22.9 Å². The molecule has 0 aliphatic heterocycles. The van der Waals surface area contributed by atoms with Gasteiger partial charge < -0.3 is 15.8 Å². The van der Waals surface area contributed by atoms with E-state index in [0.29, 0.717) is 26.8 Å². The highest BCUT2D eigenvalue weighted by molar-refractivity contribution is 14.1. The molecular weight excluding hydrogens is 559 g/mol. The maximum atomic E-state index is 13.9. The van der Waals surface area contributed by atoms with Crippen molar-refractivity contribution in [2.45, 2.75) is 17.4 Å². The standard InChI is InChI=1S/C25H21IN6O3/c1-14(30-22-18(12-27)13-29-25(28)31-22)20-10-15-5-3-7-17(11-26)21(15)23(33)32(20)19-8-4-6-16(9-19)24(34)35-2/h3-10,13-14H,11H2,1-2H3,(H3,28,29,30,31)/t14-/m0/s1. The van der Waals surface area contributed by atoms with Crippen molar-refractivity contribution in [3.05, 3.63) is 87.5 Å². The largest absolute Gasteiger partial charge is 0.465 e. The summed E-state index contributed by atoms with van der Waals surface area (Å²) in [6, 6.07) is 15.9. The number of carbonyl (C=O) groups excluding carboxylic acids is 1. The number of alkyl halides is 1. The zero-order chi connectivity index (χ0) is 25.1. The number of pyridine rings is 1. The summed E-state index contributed by atoms with van der Waals surface area (Å²) in [6.07, 6.45) is 1.34. The molecule has 0 amide bonds. The molecule has 0 saturated heterocycles. The van der Waals surface area contributed by atoms with Crippen molar-refractivity contribution in [1.29, 1.82) is 5.26 Å². The Morgan fingerprint density at radius 2 is 2.06 bits per heavy atom. The molecule has 2 aromatic heterocycles. The first kappa shape index (κ1) is 24.2. The van der Waals surface area contributed by atoms with Crippen molar-refractivity contribution < 1.29 is 9.53 Å². The predicted molar refractivity (Wildman–Crippen MR) is 142 cm³/mol. The Kier molecular flexibility index (Phi) is 6.97. The lowest BCUT2D eigenvalue weighted by Gasteiger charge is -2.22. The van der Waals surface area contributed by atoms with Crippen LogP contribution in [-0.4, -0.2) is 27.6 Å². The van der Waals surface area contributed by atoms with E-state index in [4.69, 9.17) is 10.5 Å². The number of carbonyl (C=O) groups is 1. The van der Waals surface area contributed by atoms with E-state index in [9.17, 15) is 14.9 Å². The number of nitrogens with two attached hydrogens (primary N) is 1. The smallest absolute Gasteiger partial charge is 0.337 e. The van der Waals surface area contributed by atoms with Crippen LogP contribution < -0.4 is 16.6 Å². The van der Waals surface area contributed by atoms with Crippen LogP contribution in [0.4, 0.5) is 11.8 Å². The third-order valence-electron chi connectivity index (χ3n) is 5.56. The number of hydrogen-bond donors (Lipinski definition) is 2. The summed E-state index contributed by atoms with van der Waals surface area (Å²) >= 11 is 2.23. The van der Waals surface area contributed by atoms with Crippen molar-refractivity contribution in [2.75, 3.05) is 18.2 Å². The van der Waals surface area contributed by atoms with Gasteiger partial charge in [-0.3, -0.25) is 9.36 Å². The van der Waals surface area contributed by atoms with Crippen molar-refractivity contribution in [3.63, 3.8) is 0 Å². The molecule has 1 atom stereocenters. The van der Waals surface area contributed by atoms with Gasteiger partial charge in [0, 0.05) is 15.8 Å². The van der Waals surface area contributed by atoms with E-state index < -0.39 is 12.0 Å². The van der Waals surface area contributed by atoms with Gasteiger partial charge >= 0.3 is 5.97 Å². The van der Waals surface area contributed by atoms with Crippen LogP contribution in [0.3, 0.4) is 0 Å². The summed E-state index contributed by atoms with van der Waals surface area (Å²) in [5.41, 5.74) is 8.09. The molecule has 4 aromatic rings. The molecule has 9 nitrogen and oxygen atoms in total. The first-order valence-electron chi connectivity index (χ1n) is 10.6. The molecule has 176 valence electrons. The summed E-state index contributed by atoms with van der Waals surface area (Å²) in [6.45, 7) is 1.85. The average Bonchev–Trinajstić information content (AvgIpc) is 2.87. The first-order valence-corrected chi connectivity index (χ1v) is 12.1. The molecule has 0 spiro atoms. The second-order valence-corrected chi connectivity index (χ2v) is 8.50. The predicted octanol–water partition coefficient (Wildman–Crippen LogP) is 4.13. The normalized spacial score (nSPS) is 11.6. The SMILES string of the molecule is COC(=O)c1cccc(-n2c([C@H](C)Nc3nc(N)ncc3C#N)cc3cccc(CI)c3c2=O)c1. The van der Waals surface area contributed by atoms with Crippen LogP contribution in [0.25, 0.3) is 16.5 Å². The molecule has 0 aliphatic carbocycles. The Hall–Kier alpha value is -3.98. The number of nitrogens with zero attached hydrogens (tertiary/aromatic N) is 4. The number of nitrogens with one attached hydrogen (secondary N) is 1. The van der Waals surface area contributed by atoms with Crippen LogP contribution in [-0.2, 0) is 9.16 Å². The van der Waals surface area contributed by atoms with E-state index in [1.807, 2.05) is 37.3 Å². The van der Waals surface area contributed by atoms with Crippen LogP contribution in [0.15, 0.2) is 59.5 Å². The van der Waals surface area contributed by atoms with Gasteiger partial charge in [0.15, 0.2) is 0 Å². The molecule has 0 fully saturated rings. The quantitative estimate of drug-likeness (QED) is 0.198. The van der Waals surface area contributed by atoms with Crippen molar-refractivity contribution in [3.8, 4) is 11.8 Å². The summed E-state index contributed by atoms with van der Waals surface area (Å²) < 4.78 is 7.09. The Morgan fingerprint density at radius 3 is 2.77 bits per heavy atom. The Morgan fingerprint density at radius 1 is 1.29 bits per heavy atom. The molecular formula is C25H21IN6O3. The van der Waals surface area contributed by atoms with Gasteiger partial charge in [0.25, 0.3) is 5.56 Å². The lowest BCUT2D eigenvalue weighted by atomic mass is 10.0. The second kappa shape index (κ2) is 10.1. The molecule has 3 N–H and O–H groups in total. The number of ether oxygens (including phenoxy) is 1. The van der Waals surface area contributed by atoms with Crippen molar-refractivity contribution in [1.82, 2.24) is 14.5 Å². The van der Waals surface area contributed by atoms with Gasteiger partial charge in [-0.1, -0.05) is 46.9 Å². The van der Waals surface area contributed by atoms with Gasteiger partial charge in [0.2, 0.25) is 5.95 Å². The van der Waals surface area contributed by atoms with E-state index in [0.717, 1.165) is 10.9 Å². The van der Waals surface area contributed by atoms with Crippen LogP contribution >= 0.6 is 22.6 Å². The Balaban J connectivity index is 1.97. The molecule has 35 heavy (non-hydrogen) atoms. The lowest BCUT2D eigenvalue weighted by Crippen LogP contribution is -2.26. The van der Waals surface area contributed by atoms with E-state index in [1.54, 1.807) is 28.8 Å². The molecule has 4 rings (SSSR count). The van der Waals surface area contributed by atoms with Crippen molar-refractivity contribution >= 4 is 51.1 Å². The summed E-state index contributed by atoms with van der Waals surface area (Å²) in [5.74, 6) is -0.223. The molecule has 0 bridgehead atoms. The summed E-state index contributed by atoms with van der Waals surface area (Å²) in [4.78, 5) is 34.1. The molecule has 0 radical (unpaired) electrons. The highest BCUT2D eigenvalue weighted by atomic mass is 127. The minimum absolute atomic E-state index is 0.0204. The average molecular weight is 580 g/mol. The summed E-state index contributed by atoms with van der Waals surface area (Å²) in [5, 5.41) is 14.0. The van der Waals surface area contributed by atoms with E-state index in [1.165, 1.54) is 13.3 Å². The third-order valence-corrected chi connectivity index (χ3v) is 6.38. The molecule has 10 heteroatoms. The van der Waals surface area contributed by atoms with Gasteiger partial charge in [-0.15, -0.1) is 0 Å². The number of aromatic nitrogens is 3. The zero-order valence-corrected chi connectivity index (χ0v) is 21.1. The fourth-order valence-electron chi connectivity index (χ4n) is 3.91. The van der Waals surface area contributed by atoms with Crippen LogP contribution in [0, 0.1) is 11.3 Å². The topological polar surface area (TPSA) is 136 Å².